The molecule has 1 unspecified atom stereocenters. The molecule has 1 rings (SSSR count). The number of sulfonamides is 1. The second-order valence-corrected chi connectivity index (χ2v) is 7.01. The van der Waals surface area contributed by atoms with Gasteiger partial charge in [0.25, 0.3) is 0 Å². The van der Waals surface area contributed by atoms with E-state index < -0.39 is 10.0 Å². The number of benzene rings is 1. The van der Waals surface area contributed by atoms with Crippen LogP contribution < -0.4 is 4.72 Å². The Morgan fingerprint density at radius 2 is 1.90 bits per heavy atom. The van der Waals surface area contributed by atoms with Crippen LogP contribution in [0.25, 0.3) is 0 Å². The van der Waals surface area contributed by atoms with E-state index in [1.165, 1.54) is 0 Å². The van der Waals surface area contributed by atoms with Crippen molar-refractivity contribution in [2.24, 2.45) is 5.92 Å². The average Bonchev–Trinajstić information content (AvgIpc) is 2.48. The lowest BCUT2D eigenvalue weighted by Gasteiger charge is -2.15. The Bertz CT molecular complexity index is 559. The molecule has 1 aromatic carbocycles. The molecule has 0 heterocycles. The molecule has 0 fully saturated rings. The minimum Gasteiger partial charge on any atom is -0.211 e. The summed E-state index contributed by atoms with van der Waals surface area (Å²) in [5.41, 5.74) is 0.825. The van der Waals surface area contributed by atoms with Gasteiger partial charge < -0.3 is 0 Å². The van der Waals surface area contributed by atoms with Crippen LogP contribution in [-0.4, -0.2) is 15.0 Å². The van der Waals surface area contributed by atoms with Gasteiger partial charge in [-0.15, -0.1) is 0 Å². The largest absolute Gasteiger partial charge is 0.240 e. The first-order chi connectivity index (χ1) is 10.0. The molecule has 1 N–H and O–H groups in total. The smallest absolute Gasteiger partial charge is 0.211 e. The quantitative estimate of drug-likeness (QED) is 0.761. The Hall–Kier alpha value is -1.38. The summed E-state index contributed by atoms with van der Waals surface area (Å²) in [4.78, 5) is 0.259. The fourth-order valence-corrected chi connectivity index (χ4v) is 3.25. The molecule has 0 aliphatic carbocycles. The number of unbranched alkanes of at least 4 members (excludes halogenated alkanes) is 1. The number of hydrogen-bond acceptors (Lipinski definition) is 3. The summed E-state index contributed by atoms with van der Waals surface area (Å²) in [6.07, 6.45) is 4.58. The van der Waals surface area contributed by atoms with E-state index in [2.05, 4.69) is 18.6 Å². The summed E-state index contributed by atoms with van der Waals surface area (Å²) in [5, 5.41) is 8.61. The molecule has 0 saturated carbocycles. The van der Waals surface area contributed by atoms with Crippen LogP contribution in [0, 0.1) is 17.2 Å². The van der Waals surface area contributed by atoms with Crippen LogP contribution in [0.5, 0.6) is 0 Å². The lowest BCUT2D eigenvalue weighted by molar-refractivity contribution is 0.444. The molecule has 0 aliphatic heterocycles. The molecular weight excluding hydrogens is 284 g/mol. The Balaban J connectivity index is 2.66. The van der Waals surface area contributed by atoms with Gasteiger partial charge in [-0.25, -0.2) is 13.1 Å². The van der Waals surface area contributed by atoms with Gasteiger partial charge in [-0.1, -0.05) is 45.2 Å². The number of nitriles is 1. The average molecular weight is 308 g/mol. The first-order valence-corrected chi connectivity index (χ1v) is 8.97. The zero-order valence-electron chi connectivity index (χ0n) is 12.8. The molecule has 5 heteroatoms. The van der Waals surface area contributed by atoms with Crippen LogP contribution in [0.3, 0.4) is 0 Å². The third-order valence-electron chi connectivity index (χ3n) is 3.62. The van der Waals surface area contributed by atoms with Crippen LogP contribution in [-0.2, 0) is 16.4 Å². The first kappa shape index (κ1) is 17.7. The molecule has 4 nitrogen and oxygen atoms in total. The Labute approximate surface area is 128 Å². The van der Waals surface area contributed by atoms with Crippen molar-refractivity contribution >= 4 is 10.0 Å². The lowest BCUT2D eigenvalue weighted by Crippen LogP contribution is -2.29. The van der Waals surface area contributed by atoms with E-state index in [1.54, 1.807) is 24.3 Å². The van der Waals surface area contributed by atoms with Gasteiger partial charge >= 0.3 is 0 Å². The topological polar surface area (TPSA) is 70.0 Å². The van der Waals surface area contributed by atoms with Gasteiger partial charge in [0.15, 0.2) is 0 Å². The maximum atomic E-state index is 12.2. The van der Waals surface area contributed by atoms with Gasteiger partial charge in [-0.05, 0) is 30.0 Å². The molecule has 116 valence electrons. The maximum Gasteiger partial charge on any atom is 0.240 e. The van der Waals surface area contributed by atoms with Crippen LogP contribution in [0.15, 0.2) is 29.2 Å². The van der Waals surface area contributed by atoms with Gasteiger partial charge in [0, 0.05) is 6.54 Å². The van der Waals surface area contributed by atoms with E-state index in [4.69, 9.17) is 5.26 Å². The predicted molar refractivity (Wildman–Crippen MR) is 84.3 cm³/mol. The van der Waals surface area contributed by atoms with Crippen LogP contribution in [0.2, 0.25) is 0 Å². The van der Waals surface area contributed by atoms with E-state index in [-0.39, 0.29) is 4.90 Å². The minimum atomic E-state index is -3.46. The van der Waals surface area contributed by atoms with E-state index in [1.807, 2.05) is 6.07 Å². The van der Waals surface area contributed by atoms with Gasteiger partial charge in [-0.2, -0.15) is 5.26 Å². The van der Waals surface area contributed by atoms with E-state index in [0.717, 1.165) is 31.2 Å². The molecule has 0 amide bonds. The molecule has 0 aliphatic rings. The van der Waals surface area contributed by atoms with Crippen molar-refractivity contribution in [2.75, 3.05) is 6.54 Å². The summed E-state index contributed by atoms with van der Waals surface area (Å²) in [5.74, 6) is 0.387. The third kappa shape index (κ3) is 5.86. The SMILES string of the molecule is CCCCC(CC)CNS(=O)(=O)c1ccc(CC#N)cc1. The molecule has 0 radical (unpaired) electrons. The van der Waals surface area contributed by atoms with Gasteiger partial charge in [0.05, 0.1) is 17.4 Å². The monoisotopic (exact) mass is 308 g/mol. The normalized spacial score (nSPS) is 12.8. The second-order valence-electron chi connectivity index (χ2n) is 5.25. The third-order valence-corrected chi connectivity index (χ3v) is 5.06. The Morgan fingerprint density at radius 1 is 1.24 bits per heavy atom. The van der Waals surface area contributed by atoms with Crippen molar-refractivity contribution in [2.45, 2.75) is 50.8 Å². The van der Waals surface area contributed by atoms with Crippen LogP contribution in [0.4, 0.5) is 0 Å². The van der Waals surface area contributed by atoms with Crippen molar-refractivity contribution in [3.8, 4) is 6.07 Å². The molecule has 1 aromatic rings. The Kier molecular flexibility index (Phi) is 7.41. The van der Waals surface area contributed by atoms with Crippen molar-refractivity contribution < 1.29 is 8.42 Å². The van der Waals surface area contributed by atoms with E-state index in [0.29, 0.717) is 18.9 Å². The highest BCUT2D eigenvalue weighted by molar-refractivity contribution is 7.89. The predicted octanol–water partition coefficient (Wildman–Crippen LogP) is 3.25. The second kappa shape index (κ2) is 8.81. The number of nitrogens with zero attached hydrogens (tertiary/aromatic N) is 1. The maximum absolute atomic E-state index is 12.2. The van der Waals surface area contributed by atoms with E-state index in [9.17, 15) is 8.42 Å². The molecule has 0 bridgehead atoms. The minimum absolute atomic E-state index is 0.259. The van der Waals surface area contributed by atoms with Gasteiger partial charge in [-0.3, -0.25) is 0 Å². The summed E-state index contributed by atoms with van der Waals surface area (Å²) >= 11 is 0. The summed E-state index contributed by atoms with van der Waals surface area (Å²) in [6, 6.07) is 8.53. The number of hydrogen-bond donors (Lipinski definition) is 1. The molecular formula is C16H24N2O2S. The van der Waals surface area contributed by atoms with Gasteiger partial charge in [0.1, 0.15) is 0 Å². The molecule has 0 aromatic heterocycles. The first-order valence-electron chi connectivity index (χ1n) is 7.49. The van der Waals surface area contributed by atoms with Crippen molar-refractivity contribution in [3.63, 3.8) is 0 Å². The van der Waals surface area contributed by atoms with Crippen LogP contribution in [0.1, 0.15) is 45.1 Å². The molecule has 0 saturated heterocycles. The highest BCUT2D eigenvalue weighted by atomic mass is 32.2. The fourth-order valence-electron chi connectivity index (χ4n) is 2.13. The summed E-state index contributed by atoms with van der Waals surface area (Å²) in [6.45, 7) is 4.71. The summed E-state index contributed by atoms with van der Waals surface area (Å²) < 4.78 is 27.1. The highest BCUT2D eigenvalue weighted by Crippen LogP contribution is 2.14. The summed E-state index contributed by atoms with van der Waals surface area (Å²) in [7, 11) is -3.46. The standard InChI is InChI=1S/C16H24N2O2S/c1-3-5-6-14(4-2)13-18-21(19,20)16-9-7-15(8-10-16)11-12-17/h7-10,14,18H,3-6,11,13H2,1-2H3. The molecule has 21 heavy (non-hydrogen) atoms. The number of nitrogens with one attached hydrogen (secondary N) is 1. The zero-order valence-corrected chi connectivity index (χ0v) is 13.6. The molecule has 0 spiro atoms. The van der Waals surface area contributed by atoms with Crippen molar-refractivity contribution in [1.82, 2.24) is 4.72 Å². The zero-order chi connectivity index (χ0) is 15.7. The highest BCUT2D eigenvalue weighted by Gasteiger charge is 2.16. The van der Waals surface area contributed by atoms with Crippen molar-refractivity contribution in [3.05, 3.63) is 29.8 Å². The number of rotatable bonds is 9. The lowest BCUT2D eigenvalue weighted by atomic mass is 10.00. The van der Waals surface area contributed by atoms with E-state index >= 15 is 0 Å². The molecule has 1 atom stereocenters. The van der Waals surface area contributed by atoms with Gasteiger partial charge in [0.2, 0.25) is 10.0 Å². The Morgan fingerprint density at radius 3 is 2.43 bits per heavy atom. The fraction of sp³-hybridized carbons (Fsp3) is 0.562. The van der Waals surface area contributed by atoms with Crippen LogP contribution >= 0.6 is 0 Å². The van der Waals surface area contributed by atoms with Crippen molar-refractivity contribution in [1.29, 1.82) is 5.26 Å².